The summed E-state index contributed by atoms with van der Waals surface area (Å²) in [7, 11) is 2.28. The molecule has 3 aliphatic rings. The van der Waals surface area contributed by atoms with Crippen LogP contribution in [0.15, 0.2) is 29.7 Å². The highest BCUT2D eigenvalue weighted by atomic mass is 32.2. The highest BCUT2D eigenvalue weighted by molar-refractivity contribution is 8.02. The molecule has 3 nitrogen and oxygen atoms in total. The average Bonchev–Trinajstić information content (AvgIpc) is 3.22. The van der Waals surface area contributed by atoms with E-state index in [2.05, 4.69) is 48.6 Å². The van der Waals surface area contributed by atoms with Crippen molar-refractivity contribution < 1.29 is 9.47 Å². The molecule has 2 saturated heterocycles. The quantitative estimate of drug-likeness (QED) is 0.630. The molecule has 0 saturated carbocycles. The summed E-state index contributed by atoms with van der Waals surface area (Å²) < 4.78 is 12.3. The van der Waals surface area contributed by atoms with Gasteiger partial charge in [0.1, 0.15) is 11.9 Å². The molecule has 4 atom stereocenters. The Balaban J connectivity index is 1.47. The monoisotopic (exact) mass is 373 g/mol. The van der Waals surface area contributed by atoms with Crippen molar-refractivity contribution in [2.75, 3.05) is 19.4 Å². The van der Waals surface area contributed by atoms with Crippen molar-refractivity contribution in [2.45, 2.75) is 69.7 Å². The van der Waals surface area contributed by atoms with Crippen LogP contribution in [0.5, 0.6) is 5.75 Å². The molecule has 1 aromatic carbocycles. The number of nitrogens with zero attached hydrogens (tertiary/aromatic N) is 1. The van der Waals surface area contributed by atoms with E-state index in [4.69, 9.17) is 9.47 Å². The van der Waals surface area contributed by atoms with Gasteiger partial charge < -0.3 is 14.4 Å². The van der Waals surface area contributed by atoms with Crippen LogP contribution >= 0.6 is 11.8 Å². The van der Waals surface area contributed by atoms with Crippen molar-refractivity contribution in [1.29, 1.82) is 0 Å². The third kappa shape index (κ3) is 3.97. The van der Waals surface area contributed by atoms with E-state index in [0.29, 0.717) is 30.7 Å². The zero-order chi connectivity index (χ0) is 17.9. The van der Waals surface area contributed by atoms with Crippen LogP contribution in [-0.2, 0) is 11.3 Å². The fourth-order valence-corrected chi connectivity index (χ4v) is 5.59. The van der Waals surface area contributed by atoms with Crippen LogP contribution in [0.2, 0.25) is 0 Å². The van der Waals surface area contributed by atoms with Gasteiger partial charge in [-0.3, -0.25) is 0 Å². The molecule has 0 amide bonds. The van der Waals surface area contributed by atoms with Crippen LogP contribution in [0.3, 0.4) is 0 Å². The van der Waals surface area contributed by atoms with Crippen LogP contribution in [0.25, 0.3) is 0 Å². The lowest BCUT2D eigenvalue weighted by Crippen LogP contribution is -2.43. The molecule has 0 aromatic heterocycles. The number of benzene rings is 1. The maximum Gasteiger partial charge on any atom is 0.120 e. The van der Waals surface area contributed by atoms with Gasteiger partial charge in [-0.05, 0) is 67.8 Å². The predicted molar refractivity (Wildman–Crippen MR) is 109 cm³/mol. The third-order valence-corrected chi connectivity index (χ3v) is 7.06. The Morgan fingerprint density at radius 2 is 2.00 bits per heavy atom. The van der Waals surface area contributed by atoms with Crippen molar-refractivity contribution in [3.63, 3.8) is 0 Å². The SMILES string of the molecule is CCCOCc1cc(OC2C[C@H]3CC[C@@H](C2)N3C)ccc1C1C=CSC1. The Labute approximate surface area is 162 Å². The standard InChI is InChI=1S/C22H31NO2S/c1-3-9-24-14-17-11-20(6-7-22(17)16-8-10-26-15-16)25-21-12-18-4-5-19(13-21)23(18)2/h6-8,10-11,16,18-19,21H,3-5,9,12-15H2,1-2H3/t16?,18-,19+,21?. The first-order chi connectivity index (χ1) is 12.7. The van der Waals surface area contributed by atoms with Crippen LogP contribution in [0.4, 0.5) is 0 Å². The first-order valence-electron chi connectivity index (χ1n) is 10.1. The molecule has 2 unspecified atom stereocenters. The zero-order valence-corrected chi connectivity index (χ0v) is 16.8. The van der Waals surface area contributed by atoms with Gasteiger partial charge in [0.15, 0.2) is 0 Å². The van der Waals surface area contributed by atoms with Gasteiger partial charge in [0.2, 0.25) is 0 Å². The molecule has 0 N–H and O–H groups in total. The van der Waals surface area contributed by atoms with Crippen molar-refractivity contribution in [3.05, 3.63) is 40.8 Å². The molecule has 3 aliphatic heterocycles. The second-order valence-electron chi connectivity index (χ2n) is 7.94. The molecule has 2 bridgehead atoms. The second-order valence-corrected chi connectivity index (χ2v) is 8.88. The number of piperidine rings is 1. The molecule has 2 fully saturated rings. The maximum atomic E-state index is 6.44. The first-order valence-corrected chi connectivity index (χ1v) is 11.2. The van der Waals surface area contributed by atoms with E-state index in [0.717, 1.165) is 24.5 Å². The van der Waals surface area contributed by atoms with E-state index in [1.165, 1.54) is 36.8 Å². The lowest BCUT2D eigenvalue weighted by atomic mass is 9.95. The molecule has 0 radical (unpaired) electrons. The van der Waals surface area contributed by atoms with Gasteiger partial charge >= 0.3 is 0 Å². The number of hydrogen-bond donors (Lipinski definition) is 0. The van der Waals surface area contributed by atoms with Gasteiger partial charge in [0, 0.05) is 30.4 Å². The summed E-state index contributed by atoms with van der Waals surface area (Å²) in [5.74, 6) is 2.67. The smallest absolute Gasteiger partial charge is 0.120 e. The summed E-state index contributed by atoms with van der Waals surface area (Å²) in [4.78, 5) is 2.57. The molecule has 142 valence electrons. The number of thioether (sulfide) groups is 1. The van der Waals surface area contributed by atoms with Gasteiger partial charge in [-0.1, -0.05) is 19.1 Å². The number of rotatable bonds is 7. The van der Waals surface area contributed by atoms with Crippen LogP contribution in [0.1, 0.15) is 56.1 Å². The Hall–Kier alpha value is -0.970. The molecule has 4 heteroatoms. The number of fused-ring (bicyclic) bond motifs is 2. The Morgan fingerprint density at radius 3 is 2.69 bits per heavy atom. The van der Waals surface area contributed by atoms with Gasteiger partial charge in [-0.2, -0.15) is 0 Å². The highest BCUT2D eigenvalue weighted by Gasteiger charge is 2.39. The summed E-state index contributed by atoms with van der Waals surface area (Å²) in [5.41, 5.74) is 2.70. The first kappa shape index (κ1) is 18.4. The van der Waals surface area contributed by atoms with Gasteiger partial charge in [0.25, 0.3) is 0 Å². The second kappa shape index (κ2) is 8.37. The molecule has 1 aromatic rings. The van der Waals surface area contributed by atoms with E-state index in [1.54, 1.807) is 0 Å². The topological polar surface area (TPSA) is 21.7 Å². The van der Waals surface area contributed by atoms with E-state index in [-0.39, 0.29) is 0 Å². The van der Waals surface area contributed by atoms with Crippen molar-refractivity contribution >= 4 is 11.8 Å². The molecular weight excluding hydrogens is 342 g/mol. The molecule has 0 aliphatic carbocycles. The fourth-order valence-electron chi connectivity index (χ4n) is 4.68. The van der Waals surface area contributed by atoms with Crippen LogP contribution < -0.4 is 4.74 Å². The van der Waals surface area contributed by atoms with Crippen molar-refractivity contribution in [2.24, 2.45) is 0 Å². The normalized spacial score (nSPS) is 30.8. The molecule has 0 spiro atoms. The van der Waals surface area contributed by atoms with E-state index < -0.39 is 0 Å². The largest absolute Gasteiger partial charge is 0.490 e. The van der Waals surface area contributed by atoms with E-state index in [1.807, 2.05) is 11.8 Å². The summed E-state index contributed by atoms with van der Waals surface area (Å²) >= 11 is 1.90. The van der Waals surface area contributed by atoms with Gasteiger partial charge in [-0.15, -0.1) is 11.8 Å². The summed E-state index contributed by atoms with van der Waals surface area (Å²) in [5, 5.41) is 2.22. The minimum atomic E-state index is 0.362. The Morgan fingerprint density at radius 1 is 1.19 bits per heavy atom. The van der Waals surface area contributed by atoms with E-state index >= 15 is 0 Å². The molecule has 4 rings (SSSR count). The summed E-state index contributed by atoms with van der Waals surface area (Å²) in [6.07, 6.45) is 8.74. The lowest BCUT2D eigenvalue weighted by Gasteiger charge is -2.36. The average molecular weight is 374 g/mol. The Kier molecular flexibility index (Phi) is 5.92. The lowest BCUT2D eigenvalue weighted by molar-refractivity contribution is 0.0658. The summed E-state index contributed by atoms with van der Waals surface area (Å²) in [6, 6.07) is 8.11. The Bertz CT molecular complexity index is 633. The van der Waals surface area contributed by atoms with E-state index in [9.17, 15) is 0 Å². The number of hydrogen-bond acceptors (Lipinski definition) is 4. The number of allylic oxidation sites excluding steroid dienone is 1. The summed E-state index contributed by atoms with van der Waals surface area (Å²) in [6.45, 7) is 3.66. The fraction of sp³-hybridized carbons (Fsp3) is 0.636. The van der Waals surface area contributed by atoms with Gasteiger partial charge in [-0.25, -0.2) is 0 Å². The minimum Gasteiger partial charge on any atom is -0.490 e. The molecular formula is C22H31NO2S. The minimum absolute atomic E-state index is 0.362. The number of ether oxygens (including phenoxy) is 2. The van der Waals surface area contributed by atoms with Crippen molar-refractivity contribution in [1.82, 2.24) is 4.90 Å². The highest BCUT2D eigenvalue weighted by Crippen LogP contribution is 2.37. The third-order valence-electron chi connectivity index (χ3n) is 6.16. The van der Waals surface area contributed by atoms with Crippen molar-refractivity contribution in [3.8, 4) is 5.75 Å². The van der Waals surface area contributed by atoms with Crippen LogP contribution in [-0.4, -0.2) is 42.5 Å². The van der Waals surface area contributed by atoms with Crippen LogP contribution in [0, 0.1) is 0 Å². The molecule has 3 heterocycles. The zero-order valence-electron chi connectivity index (χ0n) is 16.0. The van der Waals surface area contributed by atoms with Gasteiger partial charge in [0.05, 0.1) is 6.61 Å². The predicted octanol–water partition coefficient (Wildman–Crippen LogP) is 4.96. The molecule has 26 heavy (non-hydrogen) atoms. The maximum absolute atomic E-state index is 6.44.